The first-order valence-electron chi connectivity index (χ1n) is 11.5. The number of nitriles is 1. The average molecular weight is 463 g/mol. The second-order valence-corrected chi connectivity index (χ2v) is 8.13. The standard InChI is InChI=1S/C26H30N4O4/c1-34-23-11-6-5-10-22(23)28-26(33)20-14-18-29(19-15-20)24(31)12-13-25(32)30(17-7-16-27)21-8-3-2-4-9-21/h2-6,8-11,20H,7,12-15,17-19H2,1H3,(H,28,33). The predicted molar refractivity (Wildman–Crippen MR) is 129 cm³/mol. The Bertz CT molecular complexity index is 1030. The van der Waals surface area contributed by atoms with Crippen molar-refractivity contribution in [2.45, 2.75) is 32.1 Å². The number of nitrogens with one attached hydrogen (secondary N) is 1. The molecule has 0 atom stereocenters. The minimum atomic E-state index is -0.185. The highest BCUT2D eigenvalue weighted by Gasteiger charge is 2.28. The van der Waals surface area contributed by atoms with Crippen molar-refractivity contribution in [1.29, 1.82) is 5.26 Å². The Morgan fingerprint density at radius 3 is 2.41 bits per heavy atom. The molecule has 1 N–H and O–H groups in total. The van der Waals surface area contributed by atoms with Crippen molar-refractivity contribution in [3.05, 3.63) is 54.6 Å². The van der Waals surface area contributed by atoms with E-state index in [1.807, 2.05) is 42.5 Å². The van der Waals surface area contributed by atoms with Gasteiger partial charge in [0.15, 0.2) is 0 Å². The van der Waals surface area contributed by atoms with Gasteiger partial charge < -0.3 is 19.9 Å². The van der Waals surface area contributed by atoms with Crippen LogP contribution < -0.4 is 15.0 Å². The van der Waals surface area contributed by atoms with Crippen LogP contribution in [0.5, 0.6) is 5.75 Å². The third kappa shape index (κ3) is 6.58. The molecule has 0 bridgehead atoms. The maximum absolute atomic E-state index is 12.8. The normalized spacial score (nSPS) is 13.6. The highest BCUT2D eigenvalue weighted by Crippen LogP contribution is 2.26. The number of rotatable bonds is 9. The largest absolute Gasteiger partial charge is 0.495 e. The van der Waals surface area contributed by atoms with Gasteiger partial charge in [-0.3, -0.25) is 14.4 Å². The molecule has 1 saturated heterocycles. The highest BCUT2D eigenvalue weighted by molar-refractivity contribution is 5.96. The van der Waals surface area contributed by atoms with E-state index in [2.05, 4.69) is 11.4 Å². The smallest absolute Gasteiger partial charge is 0.227 e. The summed E-state index contributed by atoms with van der Waals surface area (Å²) in [5.74, 6) is 0.0662. The van der Waals surface area contributed by atoms with Crippen LogP contribution in [0.25, 0.3) is 0 Å². The average Bonchev–Trinajstić information content (AvgIpc) is 2.88. The monoisotopic (exact) mass is 462 g/mol. The van der Waals surface area contributed by atoms with E-state index < -0.39 is 0 Å². The molecule has 3 rings (SSSR count). The number of benzene rings is 2. The number of hydrogen-bond donors (Lipinski definition) is 1. The van der Waals surface area contributed by atoms with Gasteiger partial charge in [-0.15, -0.1) is 0 Å². The molecular weight excluding hydrogens is 432 g/mol. The van der Waals surface area contributed by atoms with Gasteiger partial charge in [0.05, 0.1) is 25.3 Å². The molecule has 34 heavy (non-hydrogen) atoms. The summed E-state index contributed by atoms with van der Waals surface area (Å²) in [6.07, 6.45) is 1.54. The second-order valence-electron chi connectivity index (χ2n) is 8.13. The van der Waals surface area contributed by atoms with Crippen molar-refractivity contribution >= 4 is 29.1 Å². The molecule has 8 heteroatoms. The molecule has 3 amide bonds. The van der Waals surface area contributed by atoms with Gasteiger partial charge in [-0.2, -0.15) is 5.26 Å². The van der Waals surface area contributed by atoms with Gasteiger partial charge in [0.25, 0.3) is 0 Å². The zero-order valence-electron chi connectivity index (χ0n) is 19.4. The summed E-state index contributed by atoms with van der Waals surface area (Å²) in [4.78, 5) is 41.5. The fourth-order valence-electron chi connectivity index (χ4n) is 4.05. The van der Waals surface area contributed by atoms with Crippen LogP contribution in [0.2, 0.25) is 0 Å². The summed E-state index contributed by atoms with van der Waals surface area (Å²) in [6, 6.07) is 18.5. The first kappa shape index (κ1) is 24.8. The maximum Gasteiger partial charge on any atom is 0.227 e. The number of ether oxygens (including phenoxy) is 1. The maximum atomic E-state index is 12.8. The lowest BCUT2D eigenvalue weighted by atomic mass is 9.95. The van der Waals surface area contributed by atoms with E-state index in [9.17, 15) is 14.4 Å². The molecule has 0 spiro atoms. The van der Waals surface area contributed by atoms with E-state index in [-0.39, 0.29) is 42.9 Å². The van der Waals surface area contributed by atoms with Gasteiger partial charge >= 0.3 is 0 Å². The molecule has 8 nitrogen and oxygen atoms in total. The van der Waals surface area contributed by atoms with Crippen LogP contribution in [0, 0.1) is 17.2 Å². The molecule has 178 valence electrons. The van der Waals surface area contributed by atoms with Crippen molar-refractivity contribution < 1.29 is 19.1 Å². The molecular formula is C26H30N4O4. The van der Waals surface area contributed by atoms with Crippen molar-refractivity contribution in [2.24, 2.45) is 5.92 Å². The van der Waals surface area contributed by atoms with Gasteiger partial charge in [-0.1, -0.05) is 30.3 Å². The Kier molecular flexibility index (Phi) is 9.04. The Morgan fingerprint density at radius 2 is 1.74 bits per heavy atom. The Morgan fingerprint density at radius 1 is 1.06 bits per heavy atom. The molecule has 1 aliphatic rings. The molecule has 0 saturated carbocycles. The van der Waals surface area contributed by atoms with Crippen LogP contribution >= 0.6 is 0 Å². The van der Waals surface area contributed by atoms with E-state index in [1.165, 1.54) is 0 Å². The summed E-state index contributed by atoms with van der Waals surface area (Å²) in [7, 11) is 1.56. The predicted octanol–water partition coefficient (Wildman–Crippen LogP) is 3.60. The lowest BCUT2D eigenvalue weighted by Crippen LogP contribution is -2.42. The summed E-state index contributed by atoms with van der Waals surface area (Å²) < 4.78 is 5.28. The van der Waals surface area contributed by atoms with Crippen LogP contribution in [0.4, 0.5) is 11.4 Å². The van der Waals surface area contributed by atoms with Gasteiger partial charge in [-0.05, 0) is 37.1 Å². The number of likely N-dealkylation sites (tertiary alicyclic amines) is 1. The molecule has 0 radical (unpaired) electrons. The summed E-state index contributed by atoms with van der Waals surface area (Å²) in [5, 5.41) is 11.8. The van der Waals surface area contributed by atoms with E-state index in [0.29, 0.717) is 43.9 Å². The summed E-state index contributed by atoms with van der Waals surface area (Å²) in [6.45, 7) is 1.25. The molecule has 1 aliphatic heterocycles. The highest BCUT2D eigenvalue weighted by atomic mass is 16.5. The third-order valence-corrected chi connectivity index (χ3v) is 5.95. The number of anilines is 2. The number of piperidine rings is 1. The third-order valence-electron chi connectivity index (χ3n) is 5.95. The minimum absolute atomic E-state index is 0.0768. The first-order valence-corrected chi connectivity index (χ1v) is 11.5. The van der Waals surface area contributed by atoms with E-state index in [4.69, 9.17) is 10.00 Å². The Hall–Kier alpha value is -3.86. The fraction of sp³-hybridized carbons (Fsp3) is 0.385. The molecule has 0 aliphatic carbocycles. The number of hydrogen-bond acceptors (Lipinski definition) is 5. The molecule has 1 heterocycles. The number of amides is 3. The second kappa shape index (κ2) is 12.4. The van der Waals surface area contributed by atoms with Crippen molar-refractivity contribution in [2.75, 3.05) is 37.0 Å². The van der Waals surface area contributed by atoms with E-state index in [1.54, 1.807) is 29.0 Å². The van der Waals surface area contributed by atoms with Crippen LogP contribution in [0.3, 0.4) is 0 Å². The number of methoxy groups -OCH3 is 1. The zero-order chi connectivity index (χ0) is 24.3. The first-order chi connectivity index (χ1) is 16.5. The minimum Gasteiger partial charge on any atom is -0.495 e. The fourth-order valence-corrected chi connectivity index (χ4v) is 4.05. The number of para-hydroxylation sites is 3. The topological polar surface area (TPSA) is 103 Å². The van der Waals surface area contributed by atoms with Crippen molar-refractivity contribution in [1.82, 2.24) is 4.90 Å². The Labute approximate surface area is 200 Å². The zero-order valence-corrected chi connectivity index (χ0v) is 19.4. The number of carbonyl (C=O) groups excluding carboxylic acids is 3. The van der Waals surface area contributed by atoms with Crippen LogP contribution in [0.15, 0.2) is 54.6 Å². The molecule has 2 aromatic rings. The van der Waals surface area contributed by atoms with Crippen molar-refractivity contribution in [3.8, 4) is 11.8 Å². The summed E-state index contributed by atoms with van der Waals surface area (Å²) >= 11 is 0. The molecule has 0 aromatic heterocycles. The van der Waals surface area contributed by atoms with Crippen LogP contribution in [-0.4, -0.2) is 49.4 Å². The van der Waals surface area contributed by atoms with Gasteiger partial charge in [0.2, 0.25) is 17.7 Å². The van der Waals surface area contributed by atoms with Gasteiger partial charge in [0.1, 0.15) is 5.75 Å². The van der Waals surface area contributed by atoms with Crippen molar-refractivity contribution in [3.63, 3.8) is 0 Å². The SMILES string of the molecule is COc1ccccc1NC(=O)C1CCN(C(=O)CCC(=O)N(CCC#N)c2ccccc2)CC1. The summed E-state index contributed by atoms with van der Waals surface area (Å²) in [5.41, 5.74) is 1.35. The van der Waals surface area contributed by atoms with E-state index >= 15 is 0 Å². The van der Waals surface area contributed by atoms with E-state index in [0.717, 1.165) is 5.69 Å². The molecule has 0 unspecified atom stereocenters. The van der Waals surface area contributed by atoms with Crippen LogP contribution in [0.1, 0.15) is 32.1 Å². The number of carbonyl (C=O) groups is 3. The number of nitrogens with zero attached hydrogens (tertiary/aromatic N) is 3. The molecule has 1 fully saturated rings. The Balaban J connectivity index is 1.48. The lowest BCUT2D eigenvalue weighted by molar-refractivity contribution is -0.135. The van der Waals surface area contributed by atoms with Crippen LogP contribution in [-0.2, 0) is 14.4 Å². The lowest BCUT2D eigenvalue weighted by Gasteiger charge is -2.31. The van der Waals surface area contributed by atoms with Gasteiger partial charge in [0, 0.05) is 44.1 Å². The molecule has 2 aromatic carbocycles. The quantitative estimate of drug-likeness (QED) is 0.613. The van der Waals surface area contributed by atoms with Gasteiger partial charge in [-0.25, -0.2) is 0 Å².